The fourth-order valence-electron chi connectivity index (χ4n) is 1.73. The molecule has 0 aliphatic heterocycles. The van der Waals surface area contributed by atoms with Crippen molar-refractivity contribution in [3.8, 4) is 0 Å². The molecule has 0 aliphatic carbocycles. The molecule has 0 heterocycles. The first kappa shape index (κ1) is 15.4. The van der Waals surface area contributed by atoms with Crippen LogP contribution >= 0.6 is 15.9 Å². The van der Waals surface area contributed by atoms with Crippen molar-refractivity contribution in [2.24, 2.45) is 0 Å². The van der Waals surface area contributed by atoms with Gasteiger partial charge in [0.1, 0.15) is 0 Å². The van der Waals surface area contributed by atoms with Crippen LogP contribution in [0.25, 0.3) is 0 Å². The van der Waals surface area contributed by atoms with Crippen molar-refractivity contribution < 1.29 is 5.11 Å². The molecular weight excluding hydrogens is 252 g/mol. The van der Waals surface area contributed by atoms with E-state index in [9.17, 15) is 5.11 Å². The summed E-state index contributed by atoms with van der Waals surface area (Å²) in [6.45, 7) is 4.42. The summed E-state index contributed by atoms with van der Waals surface area (Å²) in [6.07, 6.45) is 10.8. The van der Waals surface area contributed by atoms with Crippen LogP contribution in [0.2, 0.25) is 0 Å². The van der Waals surface area contributed by atoms with E-state index in [2.05, 4.69) is 29.8 Å². The monoisotopic (exact) mass is 278 g/mol. The average molecular weight is 279 g/mol. The summed E-state index contributed by atoms with van der Waals surface area (Å²) in [6, 6.07) is 0. The summed E-state index contributed by atoms with van der Waals surface area (Å²) in [7, 11) is 0. The highest BCUT2D eigenvalue weighted by Gasteiger charge is 2.14. The molecule has 1 N–H and O–H groups in total. The van der Waals surface area contributed by atoms with Crippen LogP contribution in [0.3, 0.4) is 0 Å². The van der Waals surface area contributed by atoms with E-state index >= 15 is 0 Å². The number of hydrogen-bond acceptors (Lipinski definition) is 1. The van der Waals surface area contributed by atoms with Crippen molar-refractivity contribution in [3.63, 3.8) is 0 Å². The lowest BCUT2D eigenvalue weighted by atomic mass is 10.0. The Morgan fingerprint density at radius 1 is 0.867 bits per heavy atom. The second-order valence-electron chi connectivity index (χ2n) is 4.43. The first-order valence-corrected chi connectivity index (χ1v) is 7.46. The molecule has 1 nitrogen and oxygen atoms in total. The Bertz CT molecular complexity index is 128. The molecule has 0 aliphatic rings. The van der Waals surface area contributed by atoms with Gasteiger partial charge in [-0.05, 0) is 12.8 Å². The summed E-state index contributed by atoms with van der Waals surface area (Å²) in [5.74, 6) is 0. The van der Waals surface area contributed by atoms with Crippen molar-refractivity contribution >= 4 is 15.9 Å². The minimum absolute atomic E-state index is 0.141. The van der Waals surface area contributed by atoms with Crippen molar-refractivity contribution in [3.05, 3.63) is 0 Å². The standard InChI is InChI=1S/C13H27BrO/c1-3-5-7-8-9-11-13(15)12(14)10-6-4-2/h12-13,15H,3-11H2,1-2H3. The van der Waals surface area contributed by atoms with Gasteiger partial charge in [0, 0.05) is 4.83 Å². The zero-order valence-electron chi connectivity index (χ0n) is 10.3. The van der Waals surface area contributed by atoms with Crippen molar-refractivity contribution in [1.82, 2.24) is 0 Å². The number of aliphatic hydroxyl groups is 1. The quantitative estimate of drug-likeness (QED) is 0.455. The molecule has 2 heteroatoms. The molecule has 0 amide bonds. The SMILES string of the molecule is CCCCCCCC(O)C(Br)CCCC. The smallest absolute Gasteiger partial charge is 0.0665 e. The number of unbranched alkanes of at least 4 members (excludes halogenated alkanes) is 5. The molecule has 15 heavy (non-hydrogen) atoms. The number of hydrogen-bond donors (Lipinski definition) is 1. The Hall–Kier alpha value is 0.440. The Balaban J connectivity index is 3.34. The molecular formula is C13H27BrO. The number of aliphatic hydroxyl groups excluding tert-OH is 1. The van der Waals surface area contributed by atoms with Crippen LogP contribution in [0, 0.1) is 0 Å². The van der Waals surface area contributed by atoms with Gasteiger partial charge in [-0.15, -0.1) is 0 Å². The summed E-state index contributed by atoms with van der Waals surface area (Å²) in [5.41, 5.74) is 0. The Morgan fingerprint density at radius 3 is 2.07 bits per heavy atom. The Labute approximate surface area is 104 Å². The van der Waals surface area contributed by atoms with Crippen molar-refractivity contribution in [1.29, 1.82) is 0 Å². The van der Waals surface area contributed by atoms with Crippen molar-refractivity contribution in [2.75, 3.05) is 0 Å². The van der Waals surface area contributed by atoms with Gasteiger partial charge in [-0.25, -0.2) is 0 Å². The van der Waals surface area contributed by atoms with Gasteiger partial charge in [-0.3, -0.25) is 0 Å². The molecule has 0 aromatic carbocycles. The minimum Gasteiger partial charge on any atom is -0.392 e. The van der Waals surface area contributed by atoms with E-state index in [-0.39, 0.29) is 6.10 Å². The van der Waals surface area contributed by atoms with E-state index in [1.165, 1.54) is 44.9 Å². The first-order valence-electron chi connectivity index (χ1n) is 6.54. The second kappa shape index (κ2) is 10.9. The zero-order chi connectivity index (χ0) is 11.5. The van der Waals surface area contributed by atoms with Crippen LogP contribution < -0.4 is 0 Å². The van der Waals surface area contributed by atoms with E-state index in [0.29, 0.717) is 4.83 Å². The summed E-state index contributed by atoms with van der Waals surface area (Å²) < 4.78 is 0. The zero-order valence-corrected chi connectivity index (χ0v) is 11.9. The molecule has 0 rings (SSSR count). The molecule has 0 fully saturated rings. The molecule has 0 aromatic rings. The summed E-state index contributed by atoms with van der Waals surface area (Å²) in [4.78, 5) is 0.309. The van der Waals surface area contributed by atoms with Gasteiger partial charge in [0.2, 0.25) is 0 Å². The van der Waals surface area contributed by atoms with Gasteiger partial charge < -0.3 is 5.11 Å². The first-order chi connectivity index (χ1) is 7.22. The van der Waals surface area contributed by atoms with Gasteiger partial charge >= 0.3 is 0 Å². The third-order valence-electron chi connectivity index (χ3n) is 2.85. The van der Waals surface area contributed by atoms with Crippen molar-refractivity contribution in [2.45, 2.75) is 82.6 Å². The number of rotatable bonds is 10. The molecule has 0 saturated carbocycles. The summed E-state index contributed by atoms with van der Waals surface area (Å²) >= 11 is 3.58. The lowest BCUT2D eigenvalue weighted by molar-refractivity contribution is 0.155. The van der Waals surface area contributed by atoms with Crippen LogP contribution in [0.15, 0.2) is 0 Å². The van der Waals surface area contributed by atoms with E-state index in [1.807, 2.05) is 0 Å². The molecule has 0 radical (unpaired) electrons. The van der Waals surface area contributed by atoms with E-state index in [0.717, 1.165) is 12.8 Å². The third-order valence-corrected chi connectivity index (χ3v) is 3.92. The van der Waals surface area contributed by atoms with Gasteiger partial charge in [-0.1, -0.05) is 74.7 Å². The second-order valence-corrected chi connectivity index (χ2v) is 5.60. The van der Waals surface area contributed by atoms with E-state index in [1.54, 1.807) is 0 Å². The maximum absolute atomic E-state index is 9.85. The minimum atomic E-state index is -0.141. The van der Waals surface area contributed by atoms with Gasteiger partial charge in [0.15, 0.2) is 0 Å². The summed E-state index contributed by atoms with van der Waals surface area (Å²) in [5, 5.41) is 9.85. The lowest BCUT2D eigenvalue weighted by Gasteiger charge is -2.16. The van der Waals surface area contributed by atoms with E-state index in [4.69, 9.17) is 0 Å². The van der Waals surface area contributed by atoms with Gasteiger partial charge in [-0.2, -0.15) is 0 Å². The fourth-order valence-corrected chi connectivity index (χ4v) is 2.32. The van der Waals surface area contributed by atoms with Gasteiger partial charge in [0.25, 0.3) is 0 Å². The highest BCUT2D eigenvalue weighted by molar-refractivity contribution is 9.09. The topological polar surface area (TPSA) is 20.2 Å². The fraction of sp³-hybridized carbons (Fsp3) is 1.00. The predicted octanol–water partition coefficient (Wildman–Crippen LogP) is 4.66. The maximum Gasteiger partial charge on any atom is 0.0665 e. The Morgan fingerprint density at radius 2 is 1.47 bits per heavy atom. The molecule has 0 spiro atoms. The van der Waals surface area contributed by atoms with Crippen LogP contribution in [-0.4, -0.2) is 16.0 Å². The average Bonchev–Trinajstić information content (AvgIpc) is 2.25. The van der Waals surface area contributed by atoms with Crippen LogP contribution in [0.5, 0.6) is 0 Å². The van der Waals surface area contributed by atoms with Gasteiger partial charge in [0.05, 0.1) is 6.10 Å². The third kappa shape index (κ3) is 9.37. The number of alkyl halides is 1. The normalized spacial score (nSPS) is 15.2. The molecule has 2 unspecified atom stereocenters. The highest BCUT2D eigenvalue weighted by atomic mass is 79.9. The number of halogens is 1. The Kier molecular flexibility index (Phi) is 11.3. The van der Waals surface area contributed by atoms with Crippen LogP contribution in [-0.2, 0) is 0 Å². The molecule has 2 atom stereocenters. The lowest BCUT2D eigenvalue weighted by Crippen LogP contribution is -2.20. The van der Waals surface area contributed by atoms with Crippen LogP contribution in [0.1, 0.15) is 71.6 Å². The predicted molar refractivity (Wildman–Crippen MR) is 71.6 cm³/mol. The highest BCUT2D eigenvalue weighted by Crippen LogP contribution is 2.18. The molecule has 92 valence electrons. The molecule has 0 aromatic heterocycles. The maximum atomic E-state index is 9.85. The van der Waals surface area contributed by atoms with Crippen LogP contribution in [0.4, 0.5) is 0 Å². The molecule has 0 saturated heterocycles. The van der Waals surface area contributed by atoms with E-state index < -0.39 is 0 Å². The largest absolute Gasteiger partial charge is 0.392 e. The molecule has 0 bridgehead atoms.